The average Bonchev–Trinajstić information content (AvgIpc) is 4.00. The number of nitrogens with zero attached hydrogens (tertiary/aromatic N) is 6. The number of primary amides is 1. The van der Waals surface area contributed by atoms with Gasteiger partial charge in [0.1, 0.15) is 17.7 Å². The molecule has 280 valence electrons. The number of aromatic amines is 2. The summed E-state index contributed by atoms with van der Waals surface area (Å²) in [5.41, 5.74) is 9.67. The number of benzene rings is 2. The molecule has 2 aromatic carbocycles. The van der Waals surface area contributed by atoms with Crippen molar-refractivity contribution in [3.63, 3.8) is 0 Å². The van der Waals surface area contributed by atoms with Gasteiger partial charge in [0.2, 0.25) is 11.9 Å². The first kappa shape index (κ1) is 36.3. The van der Waals surface area contributed by atoms with E-state index < -0.39 is 17.7 Å². The molecule has 14 nitrogen and oxygen atoms in total. The van der Waals surface area contributed by atoms with Crippen LogP contribution in [0.2, 0.25) is 0 Å². The van der Waals surface area contributed by atoms with Crippen LogP contribution in [0.15, 0.2) is 79.4 Å². The number of nitrogens with two attached hydrogens (primary N) is 1. The second-order valence-electron chi connectivity index (χ2n) is 14.7. The number of likely N-dealkylation sites (tertiary alicyclic amines) is 2. The van der Waals surface area contributed by atoms with Crippen LogP contribution in [0.4, 0.5) is 10.7 Å². The summed E-state index contributed by atoms with van der Waals surface area (Å²) < 4.78 is 5.10. The van der Waals surface area contributed by atoms with Gasteiger partial charge in [0.15, 0.2) is 5.60 Å². The topological polar surface area (TPSA) is 188 Å². The molecule has 14 heteroatoms. The first-order valence-corrected chi connectivity index (χ1v) is 18.4. The van der Waals surface area contributed by atoms with Crippen molar-refractivity contribution in [3.05, 3.63) is 91.0 Å². The highest BCUT2D eigenvalue weighted by Crippen LogP contribution is 2.36. The van der Waals surface area contributed by atoms with E-state index in [-0.39, 0.29) is 29.8 Å². The van der Waals surface area contributed by atoms with E-state index in [9.17, 15) is 14.4 Å². The van der Waals surface area contributed by atoms with Crippen LogP contribution in [-0.2, 0) is 14.3 Å². The molecule has 54 heavy (non-hydrogen) atoms. The molecular formula is C40H46N10O4. The number of amides is 3. The number of anilines is 1. The molecule has 1 unspecified atom stereocenters. The molecule has 3 aromatic heterocycles. The van der Waals surface area contributed by atoms with Gasteiger partial charge in [-0.3, -0.25) is 9.59 Å². The maximum atomic E-state index is 13.8. The third-order valence-electron chi connectivity index (χ3n) is 10.3. The number of hydrogen-bond acceptors (Lipinski definition) is 9. The summed E-state index contributed by atoms with van der Waals surface area (Å²) in [5, 5.41) is 3.24. The summed E-state index contributed by atoms with van der Waals surface area (Å²) in [6.07, 6.45) is 9.27. The molecule has 0 radical (unpaired) electrons. The standard InChI is InChI=1S/C40H46N10O4/c1-24(2)33(48-39-42-18-7-19-43-39)36(51)49-20-5-8-31(49)34-44-22-29(46-34)27-14-10-25(11-15-27)26-12-16-28(17-13-26)30-23-45-35(47-30)32-9-6-21-50(32)37(52)40(3,4)54-38(41)53/h7,10-19,22-24,31-33H,5-6,8-9,20-21H2,1-4H3,(H2,41,53)(H,44,46)(H,45,47)(H,42,43,48)/t31?,32-,33-/m0/s1. The lowest BCUT2D eigenvalue weighted by atomic mass is 10.0. The van der Waals surface area contributed by atoms with Gasteiger partial charge in [-0.05, 0) is 73.8 Å². The summed E-state index contributed by atoms with van der Waals surface area (Å²) in [6, 6.07) is 17.5. The molecule has 2 aliphatic rings. The molecule has 2 fully saturated rings. The van der Waals surface area contributed by atoms with Crippen LogP contribution in [0.25, 0.3) is 33.6 Å². The van der Waals surface area contributed by atoms with Gasteiger partial charge in [-0.2, -0.15) is 0 Å². The van der Waals surface area contributed by atoms with Gasteiger partial charge in [-0.15, -0.1) is 0 Å². The Morgan fingerprint density at radius 1 is 0.778 bits per heavy atom. The molecule has 0 bridgehead atoms. The molecule has 5 heterocycles. The number of carbonyl (C=O) groups excluding carboxylic acids is 3. The minimum Gasteiger partial charge on any atom is -0.434 e. The Morgan fingerprint density at radius 2 is 1.26 bits per heavy atom. The Bertz CT molecular complexity index is 2090. The minimum absolute atomic E-state index is 0.0200. The van der Waals surface area contributed by atoms with Crippen LogP contribution >= 0.6 is 0 Å². The fraction of sp³-hybridized carbons (Fsp3) is 0.375. The highest BCUT2D eigenvalue weighted by atomic mass is 16.6. The lowest BCUT2D eigenvalue weighted by molar-refractivity contribution is -0.149. The van der Waals surface area contributed by atoms with Crippen LogP contribution in [-0.4, -0.2) is 82.3 Å². The van der Waals surface area contributed by atoms with Crippen LogP contribution < -0.4 is 11.1 Å². The normalized spacial score (nSPS) is 17.9. The molecule has 0 aliphatic carbocycles. The smallest absolute Gasteiger partial charge is 0.405 e. The van der Waals surface area contributed by atoms with E-state index in [2.05, 4.69) is 66.6 Å². The zero-order valence-electron chi connectivity index (χ0n) is 31.0. The molecule has 2 aliphatic heterocycles. The molecule has 0 saturated carbocycles. The van der Waals surface area contributed by atoms with Crippen LogP contribution in [0.3, 0.4) is 0 Å². The van der Waals surface area contributed by atoms with Crippen LogP contribution in [0.5, 0.6) is 0 Å². The molecule has 7 rings (SSSR count). The molecule has 5 N–H and O–H groups in total. The maximum Gasteiger partial charge on any atom is 0.405 e. The number of aromatic nitrogens is 6. The SMILES string of the molecule is CC(C)[C@H](Nc1ncccn1)C(=O)N1CCCC1c1ncc(-c2ccc(-c3ccc(-c4cnc([C@@H]5CCCN5C(=O)C(C)(C)OC(N)=O)[nH]4)cc3)cc2)[nH]1. The van der Waals surface area contributed by atoms with E-state index in [0.29, 0.717) is 24.9 Å². The van der Waals surface area contributed by atoms with Crippen molar-refractivity contribution < 1.29 is 19.1 Å². The summed E-state index contributed by atoms with van der Waals surface area (Å²) in [5.74, 6) is 1.67. The Hall–Kier alpha value is -6.05. The fourth-order valence-electron chi connectivity index (χ4n) is 7.44. The number of rotatable bonds is 11. The summed E-state index contributed by atoms with van der Waals surface area (Å²) >= 11 is 0. The van der Waals surface area contributed by atoms with E-state index in [1.54, 1.807) is 43.4 Å². The zero-order valence-corrected chi connectivity index (χ0v) is 31.0. The molecule has 5 aromatic rings. The first-order valence-electron chi connectivity index (χ1n) is 18.4. The lowest BCUT2D eigenvalue weighted by Gasteiger charge is -2.31. The second-order valence-corrected chi connectivity index (χ2v) is 14.7. The van der Waals surface area contributed by atoms with Gasteiger partial charge in [0, 0.05) is 25.5 Å². The third-order valence-corrected chi connectivity index (χ3v) is 10.3. The minimum atomic E-state index is -1.37. The number of carbonyl (C=O) groups is 3. The lowest BCUT2D eigenvalue weighted by Crippen LogP contribution is -2.48. The molecule has 2 saturated heterocycles. The Morgan fingerprint density at radius 3 is 1.76 bits per heavy atom. The van der Waals surface area contributed by atoms with Crippen molar-refractivity contribution >= 4 is 23.9 Å². The predicted octanol–water partition coefficient (Wildman–Crippen LogP) is 6.26. The van der Waals surface area contributed by atoms with Gasteiger partial charge in [0.25, 0.3) is 5.91 Å². The molecular weight excluding hydrogens is 685 g/mol. The van der Waals surface area contributed by atoms with Gasteiger partial charge in [-0.1, -0.05) is 62.4 Å². The maximum absolute atomic E-state index is 13.8. The first-order chi connectivity index (χ1) is 26.0. The van der Waals surface area contributed by atoms with E-state index in [1.165, 1.54) is 0 Å². The van der Waals surface area contributed by atoms with Crippen molar-refractivity contribution in [2.24, 2.45) is 11.7 Å². The molecule has 3 amide bonds. The molecule has 3 atom stereocenters. The van der Waals surface area contributed by atoms with Crippen LogP contribution in [0.1, 0.15) is 77.1 Å². The number of hydrogen-bond donors (Lipinski definition) is 4. The summed E-state index contributed by atoms with van der Waals surface area (Å²) in [4.78, 5) is 66.8. The number of imidazole rings is 2. The number of nitrogens with one attached hydrogen (secondary N) is 3. The van der Waals surface area contributed by atoms with Crippen molar-refractivity contribution in [2.45, 2.75) is 77.1 Å². The monoisotopic (exact) mass is 730 g/mol. The van der Waals surface area contributed by atoms with E-state index >= 15 is 0 Å². The second kappa shape index (κ2) is 15.1. The quantitative estimate of drug-likeness (QED) is 0.122. The van der Waals surface area contributed by atoms with Crippen LogP contribution in [0, 0.1) is 5.92 Å². The van der Waals surface area contributed by atoms with Gasteiger partial charge in [0.05, 0.1) is 35.9 Å². The summed E-state index contributed by atoms with van der Waals surface area (Å²) in [6.45, 7) is 8.35. The van der Waals surface area contributed by atoms with E-state index in [4.69, 9.17) is 15.5 Å². The Labute approximate surface area is 314 Å². The van der Waals surface area contributed by atoms with Gasteiger partial charge >= 0.3 is 6.09 Å². The highest BCUT2D eigenvalue weighted by molar-refractivity contribution is 5.87. The van der Waals surface area contributed by atoms with E-state index in [1.807, 2.05) is 37.1 Å². The zero-order chi connectivity index (χ0) is 38.0. The Kier molecular flexibility index (Phi) is 10.2. The van der Waals surface area contributed by atoms with Gasteiger partial charge in [-0.25, -0.2) is 24.7 Å². The number of H-pyrrole nitrogens is 2. The Balaban J connectivity index is 1.00. The van der Waals surface area contributed by atoms with Crippen molar-refractivity contribution in [1.29, 1.82) is 0 Å². The van der Waals surface area contributed by atoms with E-state index in [0.717, 1.165) is 65.1 Å². The largest absolute Gasteiger partial charge is 0.434 e. The predicted molar refractivity (Wildman–Crippen MR) is 203 cm³/mol. The molecule has 0 spiro atoms. The average molecular weight is 731 g/mol. The summed E-state index contributed by atoms with van der Waals surface area (Å²) in [7, 11) is 0. The highest BCUT2D eigenvalue weighted by Gasteiger charge is 2.42. The fourth-order valence-corrected chi connectivity index (χ4v) is 7.44. The number of ether oxygens (including phenoxy) is 1. The van der Waals surface area contributed by atoms with Gasteiger partial charge < -0.3 is 35.6 Å². The van der Waals surface area contributed by atoms with Crippen molar-refractivity contribution in [2.75, 3.05) is 18.4 Å². The third kappa shape index (κ3) is 7.54. The van der Waals surface area contributed by atoms with Crippen molar-refractivity contribution in [3.8, 4) is 33.6 Å². The van der Waals surface area contributed by atoms with Crippen molar-refractivity contribution in [1.82, 2.24) is 39.7 Å².